The zero-order valence-electron chi connectivity index (χ0n) is 18.1. The molecule has 2 unspecified atom stereocenters. The van der Waals surface area contributed by atoms with Crippen LogP contribution in [0.1, 0.15) is 45.5 Å². The van der Waals surface area contributed by atoms with Crippen LogP contribution < -0.4 is 5.32 Å². The number of carbonyl (C=O) groups excluding carboxylic acids is 1. The lowest BCUT2D eigenvalue weighted by molar-refractivity contribution is 0.0128. The molecule has 0 aromatic heterocycles. The third kappa shape index (κ3) is 4.92. The molecular weight excluding hydrogens is 458 g/mol. The number of amides is 1. The normalized spacial score (nSPS) is 14.1. The first kappa shape index (κ1) is 23.8. The van der Waals surface area contributed by atoms with Crippen molar-refractivity contribution in [3.63, 3.8) is 0 Å². The standard InChI is InChI=1S/C26H24ClNO6/c27-15-9-10-20(21(13-15)25(31)32)24(30)23(29)11-12-28-26(33)34-14-22-18-7-3-1-5-16(18)17-6-2-4-8-19(17)22/h1-10,13,22-24,29-30H,11-12,14H2,(H,28,33)(H,31,32). The van der Waals surface area contributed by atoms with E-state index in [0.29, 0.717) is 0 Å². The Morgan fingerprint density at radius 1 is 0.971 bits per heavy atom. The number of aliphatic hydroxyl groups is 2. The predicted molar refractivity (Wildman–Crippen MR) is 127 cm³/mol. The lowest BCUT2D eigenvalue weighted by Gasteiger charge is -2.20. The Labute approximate surface area is 201 Å². The first-order valence-electron chi connectivity index (χ1n) is 10.8. The van der Waals surface area contributed by atoms with Gasteiger partial charge in [0.2, 0.25) is 0 Å². The van der Waals surface area contributed by atoms with Gasteiger partial charge in [-0.1, -0.05) is 66.2 Å². The molecule has 0 saturated carbocycles. The van der Waals surface area contributed by atoms with E-state index in [2.05, 4.69) is 17.4 Å². The van der Waals surface area contributed by atoms with E-state index in [0.717, 1.165) is 22.3 Å². The van der Waals surface area contributed by atoms with Crippen molar-refractivity contribution in [2.45, 2.75) is 24.5 Å². The van der Waals surface area contributed by atoms with E-state index in [1.54, 1.807) is 0 Å². The molecule has 1 amide bonds. The summed E-state index contributed by atoms with van der Waals surface area (Å²) < 4.78 is 5.44. The maximum atomic E-state index is 12.3. The predicted octanol–water partition coefficient (Wildman–Crippen LogP) is 4.36. The molecule has 0 aliphatic heterocycles. The number of carbonyl (C=O) groups is 2. The summed E-state index contributed by atoms with van der Waals surface area (Å²) in [7, 11) is 0. The van der Waals surface area contributed by atoms with E-state index < -0.39 is 24.3 Å². The molecule has 176 valence electrons. The van der Waals surface area contributed by atoms with E-state index >= 15 is 0 Å². The summed E-state index contributed by atoms with van der Waals surface area (Å²) in [6.45, 7) is 0.197. The Hall–Kier alpha value is -3.39. The van der Waals surface area contributed by atoms with Gasteiger partial charge in [-0.15, -0.1) is 0 Å². The SMILES string of the molecule is O=C(NCCC(O)C(O)c1ccc(Cl)cc1C(=O)O)OCC1c2ccccc2-c2ccccc21. The van der Waals surface area contributed by atoms with Gasteiger partial charge in [0, 0.05) is 17.5 Å². The highest BCUT2D eigenvalue weighted by atomic mass is 35.5. The number of carboxylic acid groups (broad SMARTS) is 1. The first-order valence-corrected chi connectivity index (χ1v) is 11.2. The van der Waals surface area contributed by atoms with Crippen molar-refractivity contribution in [1.29, 1.82) is 0 Å². The number of ether oxygens (including phenoxy) is 1. The number of hydrogen-bond donors (Lipinski definition) is 4. The summed E-state index contributed by atoms with van der Waals surface area (Å²) in [4.78, 5) is 23.7. The first-order chi connectivity index (χ1) is 16.4. The van der Waals surface area contributed by atoms with Gasteiger partial charge in [-0.3, -0.25) is 0 Å². The summed E-state index contributed by atoms with van der Waals surface area (Å²) in [5.41, 5.74) is 4.33. The molecule has 1 aliphatic carbocycles. The van der Waals surface area contributed by atoms with Gasteiger partial charge in [-0.05, 0) is 46.4 Å². The van der Waals surface area contributed by atoms with Crippen molar-refractivity contribution in [1.82, 2.24) is 5.32 Å². The largest absolute Gasteiger partial charge is 0.478 e. The van der Waals surface area contributed by atoms with Crippen molar-refractivity contribution in [2.24, 2.45) is 0 Å². The Balaban J connectivity index is 1.30. The van der Waals surface area contributed by atoms with Crippen molar-refractivity contribution >= 4 is 23.7 Å². The van der Waals surface area contributed by atoms with Crippen molar-refractivity contribution in [2.75, 3.05) is 13.2 Å². The van der Waals surface area contributed by atoms with Gasteiger partial charge in [-0.2, -0.15) is 0 Å². The van der Waals surface area contributed by atoms with Gasteiger partial charge < -0.3 is 25.4 Å². The number of hydrogen-bond acceptors (Lipinski definition) is 5. The van der Waals surface area contributed by atoms with Crippen LogP contribution in [-0.2, 0) is 4.74 Å². The zero-order valence-corrected chi connectivity index (χ0v) is 18.9. The molecule has 0 fully saturated rings. The molecule has 0 spiro atoms. The lowest BCUT2D eigenvalue weighted by atomic mass is 9.97. The smallest absolute Gasteiger partial charge is 0.407 e. The maximum absolute atomic E-state index is 12.3. The summed E-state index contributed by atoms with van der Waals surface area (Å²) in [6, 6.07) is 20.1. The topological polar surface area (TPSA) is 116 Å². The average molecular weight is 482 g/mol. The van der Waals surface area contributed by atoms with E-state index in [-0.39, 0.29) is 41.6 Å². The quantitative estimate of drug-likeness (QED) is 0.380. The molecule has 0 bridgehead atoms. The summed E-state index contributed by atoms with van der Waals surface area (Å²) in [5, 5.41) is 32.8. The van der Waals surface area contributed by atoms with Crippen LogP contribution in [0.3, 0.4) is 0 Å². The van der Waals surface area contributed by atoms with Crippen LogP contribution in [0.5, 0.6) is 0 Å². The molecule has 3 aromatic rings. The number of benzene rings is 3. The van der Waals surface area contributed by atoms with E-state index in [9.17, 15) is 24.9 Å². The van der Waals surface area contributed by atoms with Gasteiger partial charge in [0.15, 0.2) is 0 Å². The second-order valence-electron chi connectivity index (χ2n) is 8.09. The molecule has 2 atom stereocenters. The molecule has 3 aromatic carbocycles. The van der Waals surface area contributed by atoms with Crippen LogP contribution in [0, 0.1) is 0 Å². The van der Waals surface area contributed by atoms with Crippen LogP contribution in [0.2, 0.25) is 5.02 Å². The number of nitrogens with one attached hydrogen (secondary N) is 1. The molecule has 8 heteroatoms. The van der Waals surface area contributed by atoms with Gasteiger partial charge in [0.25, 0.3) is 0 Å². The van der Waals surface area contributed by atoms with E-state index in [1.807, 2.05) is 36.4 Å². The molecule has 0 saturated heterocycles. The summed E-state index contributed by atoms with van der Waals surface area (Å²) in [5.74, 6) is -1.33. The van der Waals surface area contributed by atoms with Crippen LogP contribution in [-0.4, -0.2) is 46.6 Å². The molecule has 34 heavy (non-hydrogen) atoms. The zero-order chi connectivity index (χ0) is 24.2. The van der Waals surface area contributed by atoms with Crippen LogP contribution in [0.15, 0.2) is 66.7 Å². The third-order valence-corrected chi connectivity index (χ3v) is 6.22. The highest BCUT2D eigenvalue weighted by molar-refractivity contribution is 6.31. The molecule has 4 rings (SSSR count). The second-order valence-corrected chi connectivity index (χ2v) is 8.53. The van der Waals surface area contributed by atoms with Crippen LogP contribution in [0.4, 0.5) is 4.79 Å². The number of fused-ring (bicyclic) bond motifs is 3. The number of alkyl carbamates (subject to hydrolysis) is 1. The highest BCUT2D eigenvalue weighted by Gasteiger charge is 2.29. The molecule has 7 nitrogen and oxygen atoms in total. The lowest BCUT2D eigenvalue weighted by Crippen LogP contribution is -2.31. The molecule has 0 radical (unpaired) electrons. The number of aromatic carboxylic acids is 1. The number of aliphatic hydroxyl groups excluding tert-OH is 2. The Morgan fingerprint density at radius 2 is 1.59 bits per heavy atom. The Morgan fingerprint density at radius 3 is 2.21 bits per heavy atom. The van der Waals surface area contributed by atoms with Crippen LogP contribution >= 0.6 is 11.6 Å². The van der Waals surface area contributed by atoms with Gasteiger partial charge >= 0.3 is 12.1 Å². The Kier molecular flexibility index (Phi) is 7.17. The van der Waals surface area contributed by atoms with Crippen molar-refractivity contribution in [3.05, 3.63) is 94.0 Å². The van der Waals surface area contributed by atoms with Crippen LogP contribution in [0.25, 0.3) is 11.1 Å². The highest BCUT2D eigenvalue weighted by Crippen LogP contribution is 2.44. The minimum atomic E-state index is -1.45. The van der Waals surface area contributed by atoms with Gasteiger partial charge in [-0.25, -0.2) is 9.59 Å². The fraction of sp³-hybridized carbons (Fsp3) is 0.231. The molecule has 0 heterocycles. The third-order valence-electron chi connectivity index (χ3n) is 5.98. The fourth-order valence-corrected chi connectivity index (χ4v) is 4.48. The fourth-order valence-electron chi connectivity index (χ4n) is 4.31. The summed E-state index contributed by atoms with van der Waals surface area (Å²) in [6.07, 6.45) is -3.39. The maximum Gasteiger partial charge on any atom is 0.407 e. The Bertz CT molecular complexity index is 1170. The molecule has 4 N–H and O–H groups in total. The van der Waals surface area contributed by atoms with E-state index in [1.165, 1.54) is 18.2 Å². The average Bonchev–Trinajstić information content (AvgIpc) is 3.16. The minimum Gasteiger partial charge on any atom is -0.478 e. The van der Waals surface area contributed by atoms with Crippen molar-refractivity contribution < 1.29 is 29.6 Å². The van der Waals surface area contributed by atoms with E-state index in [4.69, 9.17) is 16.3 Å². The second kappa shape index (κ2) is 10.3. The minimum absolute atomic E-state index is 0.00690. The molecular formula is C26H24ClNO6. The number of halogens is 1. The number of rotatable bonds is 8. The monoisotopic (exact) mass is 481 g/mol. The van der Waals surface area contributed by atoms with Gasteiger partial charge in [0.1, 0.15) is 12.7 Å². The summed E-state index contributed by atoms with van der Waals surface area (Å²) >= 11 is 5.83. The number of carboxylic acids is 1. The van der Waals surface area contributed by atoms with Gasteiger partial charge in [0.05, 0.1) is 11.7 Å². The van der Waals surface area contributed by atoms with Crippen molar-refractivity contribution in [3.8, 4) is 11.1 Å². The molecule has 1 aliphatic rings.